The second-order valence-electron chi connectivity index (χ2n) is 2.41. The van der Waals surface area contributed by atoms with Crippen LogP contribution < -0.4 is 10.5 Å². The standard InChI is InChI=1S/C8H9ClFNO/c1-4-7(10)5(9)3-6(12-2)8(4)11/h3H,11H2,1-2H3. The van der Waals surface area contributed by atoms with Crippen LogP contribution in [0.4, 0.5) is 10.1 Å². The molecule has 0 spiro atoms. The van der Waals surface area contributed by atoms with Crippen molar-refractivity contribution in [1.82, 2.24) is 0 Å². The van der Waals surface area contributed by atoms with E-state index in [1.165, 1.54) is 13.2 Å². The van der Waals surface area contributed by atoms with E-state index in [1.807, 2.05) is 0 Å². The number of benzene rings is 1. The molecule has 0 saturated heterocycles. The first-order valence-electron chi connectivity index (χ1n) is 3.36. The molecule has 2 N–H and O–H groups in total. The van der Waals surface area contributed by atoms with Crippen molar-refractivity contribution in [3.8, 4) is 5.75 Å². The predicted octanol–water partition coefficient (Wildman–Crippen LogP) is 2.38. The van der Waals surface area contributed by atoms with Crippen LogP contribution in [0.2, 0.25) is 5.02 Å². The number of methoxy groups -OCH3 is 1. The van der Waals surface area contributed by atoms with Crippen molar-refractivity contribution in [3.63, 3.8) is 0 Å². The maximum Gasteiger partial charge on any atom is 0.147 e. The average molecular weight is 190 g/mol. The maximum atomic E-state index is 13.0. The molecule has 4 heteroatoms. The molecule has 0 saturated carbocycles. The van der Waals surface area contributed by atoms with Crippen molar-refractivity contribution in [1.29, 1.82) is 0 Å². The van der Waals surface area contributed by atoms with Crippen LogP contribution in [-0.2, 0) is 0 Å². The Bertz CT molecular complexity index is 314. The predicted molar refractivity (Wildman–Crippen MR) is 47.1 cm³/mol. The highest BCUT2D eigenvalue weighted by atomic mass is 35.5. The van der Waals surface area contributed by atoms with E-state index in [9.17, 15) is 4.39 Å². The van der Waals surface area contributed by atoms with Crippen molar-refractivity contribution in [2.24, 2.45) is 0 Å². The van der Waals surface area contributed by atoms with Crippen LogP contribution >= 0.6 is 11.6 Å². The lowest BCUT2D eigenvalue weighted by Crippen LogP contribution is -1.98. The van der Waals surface area contributed by atoms with Gasteiger partial charge in [-0.3, -0.25) is 0 Å². The molecule has 0 unspecified atom stereocenters. The molecule has 0 aliphatic carbocycles. The summed E-state index contributed by atoms with van der Waals surface area (Å²) in [6.07, 6.45) is 0. The second kappa shape index (κ2) is 3.19. The first kappa shape index (κ1) is 9.13. The van der Waals surface area contributed by atoms with Gasteiger partial charge >= 0.3 is 0 Å². The van der Waals surface area contributed by atoms with Gasteiger partial charge in [-0.15, -0.1) is 0 Å². The van der Waals surface area contributed by atoms with E-state index < -0.39 is 5.82 Å². The monoisotopic (exact) mass is 189 g/mol. The second-order valence-corrected chi connectivity index (χ2v) is 2.82. The van der Waals surface area contributed by atoms with E-state index in [-0.39, 0.29) is 5.02 Å². The minimum absolute atomic E-state index is 0.0264. The van der Waals surface area contributed by atoms with Crippen molar-refractivity contribution < 1.29 is 9.13 Å². The molecular weight excluding hydrogens is 181 g/mol. The number of anilines is 1. The highest BCUT2D eigenvalue weighted by Gasteiger charge is 2.11. The topological polar surface area (TPSA) is 35.2 Å². The number of halogens is 2. The first-order chi connectivity index (χ1) is 5.57. The molecule has 12 heavy (non-hydrogen) atoms. The molecule has 0 heterocycles. The molecule has 0 aliphatic rings. The molecular formula is C8H9ClFNO. The quantitative estimate of drug-likeness (QED) is 0.689. The lowest BCUT2D eigenvalue weighted by molar-refractivity contribution is 0.415. The molecule has 0 radical (unpaired) electrons. The molecule has 0 atom stereocenters. The number of nitrogen functional groups attached to an aromatic ring is 1. The molecule has 0 aromatic heterocycles. The van der Waals surface area contributed by atoms with E-state index in [0.717, 1.165) is 0 Å². The minimum Gasteiger partial charge on any atom is -0.495 e. The fourth-order valence-corrected chi connectivity index (χ4v) is 1.15. The van der Waals surface area contributed by atoms with Crippen LogP contribution in [0, 0.1) is 12.7 Å². The molecule has 0 aliphatic heterocycles. The van der Waals surface area contributed by atoms with Crippen molar-refractivity contribution in [2.45, 2.75) is 6.92 Å². The Labute approximate surface area is 75.1 Å². The van der Waals surface area contributed by atoms with Gasteiger partial charge in [-0.25, -0.2) is 4.39 Å². The Morgan fingerprint density at radius 3 is 2.67 bits per heavy atom. The van der Waals surface area contributed by atoms with Crippen LogP contribution in [0.15, 0.2) is 6.07 Å². The summed E-state index contributed by atoms with van der Waals surface area (Å²) in [4.78, 5) is 0. The Balaban J connectivity index is 3.39. The third-order valence-electron chi connectivity index (χ3n) is 1.69. The van der Waals surface area contributed by atoms with E-state index in [1.54, 1.807) is 6.92 Å². The molecule has 0 fully saturated rings. The summed E-state index contributed by atoms with van der Waals surface area (Å²) in [7, 11) is 1.46. The SMILES string of the molecule is COc1cc(Cl)c(F)c(C)c1N. The van der Waals surface area contributed by atoms with Crippen LogP contribution in [0.3, 0.4) is 0 Å². The first-order valence-corrected chi connectivity index (χ1v) is 3.73. The third-order valence-corrected chi connectivity index (χ3v) is 1.96. The number of hydrogen-bond donors (Lipinski definition) is 1. The fourth-order valence-electron chi connectivity index (χ4n) is 0.907. The van der Waals surface area contributed by atoms with Gasteiger partial charge in [-0.05, 0) is 6.92 Å². The summed E-state index contributed by atoms with van der Waals surface area (Å²) >= 11 is 5.56. The van der Waals surface area contributed by atoms with Gasteiger partial charge in [0.05, 0.1) is 17.8 Å². The largest absolute Gasteiger partial charge is 0.495 e. The van der Waals surface area contributed by atoms with Gasteiger partial charge in [-0.2, -0.15) is 0 Å². The highest BCUT2D eigenvalue weighted by molar-refractivity contribution is 6.31. The van der Waals surface area contributed by atoms with E-state index >= 15 is 0 Å². The normalized spacial score (nSPS) is 10.0. The van der Waals surface area contributed by atoms with Crippen LogP contribution in [0.5, 0.6) is 5.75 Å². The molecule has 0 amide bonds. The molecule has 66 valence electrons. The summed E-state index contributed by atoms with van der Waals surface area (Å²) in [6, 6.07) is 1.36. The summed E-state index contributed by atoms with van der Waals surface area (Å²) in [5.74, 6) is -0.0890. The Morgan fingerprint density at radius 1 is 1.58 bits per heavy atom. The van der Waals surface area contributed by atoms with E-state index in [0.29, 0.717) is 17.0 Å². The van der Waals surface area contributed by atoms with Crippen LogP contribution in [0.25, 0.3) is 0 Å². The van der Waals surface area contributed by atoms with Crippen LogP contribution in [0.1, 0.15) is 5.56 Å². The molecule has 2 nitrogen and oxygen atoms in total. The van der Waals surface area contributed by atoms with Gasteiger partial charge in [0.15, 0.2) is 0 Å². The summed E-state index contributed by atoms with van der Waals surface area (Å²) in [5.41, 5.74) is 6.15. The lowest BCUT2D eigenvalue weighted by Gasteiger charge is -2.08. The number of nitrogens with two attached hydrogens (primary N) is 1. The van der Waals surface area contributed by atoms with Gasteiger partial charge < -0.3 is 10.5 Å². The number of ether oxygens (including phenoxy) is 1. The lowest BCUT2D eigenvalue weighted by atomic mass is 10.2. The van der Waals surface area contributed by atoms with Gasteiger partial charge in [-0.1, -0.05) is 11.6 Å². The van der Waals surface area contributed by atoms with Crippen molar-refractivity contribution in [3.05, 3.63) is 22.5 Å². The summed E-state index contributed by atoms with van der Waals surface area (Å²) in [6.45, 7) is 1.55. The Hall–Kier alpha value is -0.960. The number of hydrogen-bond acceptors (Lipinski definition) is 2. The molecule has 0 bridgehead atoms. The van der Waals surface area contributed by atoms with E-state index in [4.69, 9.17) is 22.1 Å². The van der Waals surface area contributed by atoms with Gasteiger partial charge in [0.25, 0.3) is 0 Å². The summed E-state index contributed by atoms with van der Waals surface area (Å²) < 4.78 is 17.9. The highest BCUT2D eigenvalue weighted by Crippen LogP contribution is 2.31. The van der Waals surface area contributed by atoms with Gasteiger partial charge in [0.2, 0.25) is 0 Å². The maximum absolute atomic E-state index is 13.0. The van der Waals surface area contributed by atoms with Crippen molar-refractivity contribution in [2.75, 3.05) is 12.8 Å². The smallest absolute Gasteiger partial charge is 0.147 e. The zero-order chi connectivity index (χ0) is 9.30. The third kappa shape index (κ3) is 1.32. The molecule has 1 aromatic carbocycles. The fraction of sp³-hybridized carbons (Fsp3) is 0.250. The van der Waals surface area contributed by atoms with Crippen molar-refractivity contribution >= 4 is 17.3 Å². The van der Waals surface area contributed by atoms with Gasteiger partial charge in [0, 0.05) is 11.6 Å². The zero-order valence-corrected chi connectivity index (χ0v) is 7.57. The minimum atomic E-state index is -0.491. The van der Waals surface area contributed by atoms with Crippen LogP contribution in [-0.4, -0.2) is 7.11 Å². The van der Waals surface area contributed by atoms with E-state index in [2.05, 4.69) is 0 Å². The molecule has 1 rings (SSSR count). The number of rotatable bonds is 1. The average Bonchev–Trinajstić information content (AvgIpc) is 2.08. The molecule has 1 aromatic rings. The summed E-state index contributed by atoms with van der Waals surface area (Å²) in [5, 5.41) is 0.0264. The zero-order valence-electron chi connectivity index (χ0n) is 6.82. The van der Waals surface area contributed by atoms with Gasteiger partial charge in [0.1, 0.15) is 11.6 Å². The Morgan fingerprint density at radius 2 is 2.17 bits per heavy atom. The Kier molecular flexibility index (Phi) is 2.43.